The molecule has 0 bridgehead atoms. The van der Waals surface area contributed by atoms with Gasteiger partial charge < -0.3 is 5.32 Å². The van der Waals surface area contributed by atoms with E-state index >= 15 is 0 Å². The Morgan fingerprint density at radius 2 is 1.71 bits per heavy atom. The molecule has 1 amide bonds. The Morgan fingerprint density at radius 1 is 1.00 bits per heavy atom. The highest BCUT2D eigenvalue weighted by molar-refractivity contribution is 7.89. The van der Waals surface area contributed by atoms with Crippen LogP contribution in [-0.4, -0.2) is 25.2 Å². The third-order valence-electron chi connectivity index (χ3n) is 4.96. The summed E-state index contributed by atoms with van der Waals surface area (Å²) in [5.41, 5.74) is 3.45. The molecule has 3 aromatic rings. The van der Waals surface area contributed by atoms with Gasteiger partial charge in [-0.05, 0) is 48.2 Å². The zero-order valence-corrected chi connectivity index (χ0v) is 19.1. The molecule has 0 aliphatic heterocycles. The lowest BCUT2D eigenvalue weighted by Gasteiger charge is -2.23. The molecule has 0 atom stereocenters. The number of halogens is 1. The van der Waals surface area contributed by atoms with Crippen LogP contribution >= 0.6 is 11.6 Å². The fraction of sp³-hybridized carbons (Fsp3) is 0.208. The SMILES string of the molecule is CCc1cccc(C)c1NC(=O)CN(Cc1ccccc1)S(=O)(=O)c1cccc(Cl)c1. The number of amides is 1. The molecule has 0 aliphatic carbocycles. The van der Waals surface area contributed by atoms with E-state index in [1.54, 1.807) is 12.1 Å². The molecule has 7 heteroatoms. The molecule has 3 rings (SSSR count). The number of nitrogens with one attached hydrogen (secondary N) is 1. The number of sulfonamides is 1. The molecule has 0 unspecified atom stereocenters. The third kappa shape index (κ3) is 5.73. The molecule has 3 aromatic carbocycles. The summed E-state index contributed by atoms with van der Waals surface area (Å²) >= 11 is 6.02. The van der Waals surface area contributed by atoms with Gasteiger partial charge in [0, 0.05) is 17.3 Å². The molecular formula is C24H25ClN2O3S. The Morgan fingerprint density at radius 3 is 2.39 bits per heavy atom. The maximum atomic E-state index is 13.4. The van der Waals surface area contributed by atoms with Crippen molar-refractivity contribution in [1.82, 2.24) is 4.31 Å². The van der Waals surface area contributed by atoms with Gasteiger partial charge in [-0.15, -0.1) is 0 Å². The monoisotopic (exact) mass is 456 g/mol. The molecule has 0 fully saturated rings. The smallest absolute Gasteiger partial charge is 0.243 e. The summed E-state index contributed by atoms with van der Waals surface area (Å²) in [6.07, 6.45) is 0.756. The standard InChI is InChI=1S/C24H25ClN2O3S/c1-3-20-12-7-9-18(2)24(20)26-23(28)17-27(16-19-10-5-4-6-11-19)31(29,30)22-14-8-13-21(25)15-22/h4-15H,3,16-17H2,1-2H3,(H,26,28). The number of para-hydroxylation sites is 1. The van der Waals surface area contributed by atoms with Crippen molar-refractivity contribution in [1.29, 1.82) is 0 Å². The van der Waals surface area contributed by atoms with E-state index in [2.05, 4.69) is 5.32 Å². The van der Waals surface area contributed by atoms with Crippen LogP contribution < -0.4 is 5.32 Å². The van der Waals surface area contributed by atoms with Crippen LogP contribution in [0.1, 0.15) is 23.6 Å². The maximum absolute atomic E-state index is 13.4. The lowest BCUT2D eigenvalue weighted by Crippen LogP contribution is -2.37. The summed E-state index contributed by atoms with van der Waals surface area (Å²) in [7, 11) is -3.95. The predicted octanol–water partition coefficient (Wildman–Crippen LogP) is 5.04. The minimum absolute atomic E-state index is 0.0499. The Hall–Kier alpha value is -2.67. The summed E-state index contributed by atoms with van der Waals surface area (Å²) in [6.45, 7) is 3.67. The van der Waals surface area contributed by atoms with Crippen molar-refractivity contribution in [3.05, 3.63) is 94.5 Å². The summed E-state index contributed by atoms with van der Waals surface area (Å²) in [4.78, 5) is 13.0. The Kier molecular flexibility index (Phi) is 7.49. The van der Waals surface area contributed by atoms with E-state index < -0.39 is 15.9 Å². The zero-order chi connectivity index (χ0) is 22.4. The normalized spacial score (nSPS) is 11.5. The second kappa shape index (κ2) is 10.1. The molecule has 31 heavy (non-hydrogen) atoms. The van der Waals surface area contributed by atoms with E-state index in [0.29, 0.717) is 5.02 Å². The highest BCUT2D eigenvalue weighted by Gasteiger charge is 2.27. The summed E-state index contributed by atoms with van der Waals surface area (Å²) in [5.74, 6) is -0.398. The minimum Gasteiger partial charge on any atom is -0.324 e. The van der Waals surface area contributed by atoms with Gasteiger partial charge in [0.2, 0.25) is 15.9 Å². The van der Waals surface area contributed by atoms with Gasteiger partial charge in [-0.2, -0.15) is 4.31 Å². The average Bonchev–Trinajstić information content (AvgIpc) is 2.75. The molecule has 0 aromatic heterocycles. The lowest BCUT2D eigenvalue weighted by molar-refractivity contribution is -0.116. The second-order valence-electron chi connectivity index (χ2n) is 7.23. The van der Waals surface area contributed by atoms with Gasteiger partial charge in [0.25, 0.3) is 0 Å². The van der Waals surface area contributed by atoms with Crippen molar-refractivity contribution in [2.24, 2.45) is 0 Å². The number of anilines is 1. The van der Waals surface area contributed by atoms with Gasteiger partial charge >= 0.3 is 0 Å². The van der Waals surface area contributed by atoms with E-state index in [9.17, 15) is 13.2 Å². The van der Waals surface area contributed by atoms with E-state index in [0.717, 1.165) is 28.8 Å². The van der Waals surface area contributed by atoms with Gasteiger partial charge in [0.15, 0.2) is 0 Å². The average molecular weight is 457 g/mol. The molecule has 5 nitrogen and oxygen atoms in total. The van der Waals surface area contributed by atoms with Crippen molar-refractivity contribution in [3.63, 3.8) is 0 Å². The van der Waals surface area contributed by atoms with E-state index in [1.807, 2.05) is 62.4 Å². The highest BCUT2D eigenvalue weighted by Crippen LogP contribution is 2.23. The van der Waals surface area contributed by atoms with Crippen molar-refractivity contribution >= 4 is 33.2 Å². The van der Waals surface area contributed by atoms with Gasteiger partial charge in [-0.25, -0.2) is 8.42 Å². The number of nitrogens with zero attached hydrogens (tertiary/aromatic N) is 1. The van der Waals surface area contributed by atoms with Crippen LogP contribution in [0.5, 0.6) is 0 Å². The minimum atomic E-state index is -3.95. The van der Waals surface area contributed by atoms with Crippen molar-refractivity contribution in [2.45, 2.75) is 31.7 Å². The van der Waals surface area contributed by atoms with Crippen molar-refractivity contribution < 1.29 is 13.2 Å². The fourth-order valence-corrected chi connectivity index (χ4v) is 5.02. The molecule has 0 aliphatic rings. The van der Waals surface area contributed by atoms with Gasteiger partial charge in [0.1, 0.15) is 0 Å². The van der Waals surface area contributed by atoms with Gasteiger partial charge in [0.05, 0.1) is 11.4 Å². The Labute approximate surface area is 188 Å². The first-order valence-electron chi connectivity index (χ1n) is 9.99. The van der Waals surface area contributed by atoms with Crippen LogP contribution in [0.25, 0.3) is 0 Å². The summed E-state index contributed by atoms with van der Waals surface area (Å²) in [6, 6.07) is 21.1. The predicted molar refractivity (Wildman–Crippen MR) is 125 cm³/mol. The summed E-state index contributed by atoms with van der Waals surface area (Å²) < 4.78 is 27.9. The molecule has 1 N–H and O–H groups in total. The second-order valence-corrected chi connectivity index (χ2v) is 9.60. The zero-order valence-electron chi connectivity index (χ0n) is 17.5. The Bertz CT molecular complexity index is 1160. The van der Waals surface area contributed by atoms with Crippen molar-refractivity contribution in [2.75, 3.05) is 11.9 Å². The maximum Gasteiger partial charge on any atom is 0.243 e. The first kappa shape index (κ1) is 23.0. The van der Waals surface area contributed by atoms with Gasteiger partial charge in [-0.3, -0.25) is 4.79 Å². The molecule has 0 spiro atoms. The van der Waals surface area contributed by atoms with Crippen LogP contribution in [0, 0.1) is 6.92 Å². The number of aryl methyl sites for hydroxylation is 2. The van der Waals surface area contributed by atoms with Crippen LogP contribution in [0.4, 0.5) is 5.69 Å². The van der Waals surface area contributed by atoms with Crippen LogP contribution in [0.3, 0.4) is 0 Å². The molecule has 0 saturated carbocycles. The van der Waals surface area contributed by atoms with E-state index in [4.69, 9.17) is 11.6 Å². The van der Waals surface area contributed by atoms with E-state index in [-0.39, 0.29) is 18.0 Å². The fourth-order valence-electron chi connectivity index (χ4n) is 3.33. The highest BCUT2D eigenvalue weighted by atomic mass is 35.5. The molecule has 0 radical (unpaired) electrons. The number of hydrogen-bond donors (Lipinski definition) is 1. The Balaban J connectivity index is 1.91. The molecular weight excluding hydrogens is 432 g/mol. The lowest BCUT2D eigenvalue weighted by atomic mass is 10.1. The largest absolute Gasteiger partial charge is 0.324 e. The van der Waals surface area contributed by atoms with Crippen LogP contribution in [0.15, 0.2) is 77.7 Å². The van der Waals surface area contributed by atoms with Gasteiger partial charge in [-0.1, -0.05) is 73.1 Å². The number of benzene rings is 3. The quantitative estimate of drug-likeness (QED) is 0.516. The number of carbonyl (C=O) groups excluding carboxylic acids is 1. The molecule has 162 valence electrons. The topological polar surface area (TPSA) is 66.5 Å². The third-order valence-corrected chi connectivity index (χ3v) is 6.98. The number of rotatable bonds is 8. The number of hydrogen-bond acceptors (Lipinski definition) is 3. The first-order chi connectivity index (χ1) is 14.8. The van der Waals surface area contributed by atoms with E-state index in [1.165, 1.54) is 16.4 Å². The van der Waals surface area contributed by atoms with Crippen LogP contribution in [0.2, 0.25) is 5.02 Å². The summed E-state index contributed by atoms with van der Waals surface area (Å²) in [5, 5.41) is 3.23. The van der Waals surface area contributed by atoms with Crippen molar-refractivity contribution in [3.8, 4) is 0 Å². The molecule has 0 heterocycles. The number of carbonyl (C=O) groups is 1. The first-order valence-corrected chi connectivity index (χ1v) is 11.8. The van der Waals surface area contributed by atoms with Crippen LogP contribution in [-0.2, 0) is 27.8 Å². The molecule has 0 saturated heterocycles.